The second-order valence-electron chi connectivity index (χ2n) is 4.56. The van der Waals surface area contributed by atoms with Gasteiger partial charge in [-0.25, -0.2) is 4.39 Å². The fourth-order valence-electron chi connectivity index (χ4n) is 1.99. The molecule has 2 rings (SSSR count). The minimum Gasteiger partial charge on any atom is -0.389 e. The molecule has 2 aromatic rings. The zero-order chi connectivity index (χ0) is 15.4. The van der Waals surface area contributed by atoms with Gasteiger partial charge in [-0.15, -0.1) is 11.8 Å². The fourth-order valence-corrected chi connectivity index (χ4v) is 3.13. The van der Waals surface area contributed by atoms with E-state index in [1.807, 2.05) is 24.3 Å². The average molecular weight is 320 g/mol. The van der Waals surface area contributed by atoms with Gasteiger partial charge in [0.05, 0.1) is 0 Å². The van der Waals surface area contributed by atoms with E-state index in [9.17, 15) is 4.39 Å². The van der Waals surface area contributed by atoms with Crippen molar-refractivity contribution in [3.8, 4) is 0 Å². The van der Waals surface area contributed by atoms with Crippen LogP contribution in [-0.4, -0.2) is 10.7 Å². The smallest absolute Gasteiger partial charge is 0.128 e. The topological polar surface area (TPSA) is 38.0 Å². The minimum absolute atomic E-state index is 0.240. The molecule has 5 heteroatoms. The molecular weight excluding hydrogens is 303 g/mol. The Morgan fingerprint density at radius 2 is 2.10 bits per heavy atom. The van der Waals surface area contributed by atoms with E-state index in [-0.39, 0.29) is 5.82 Å². The lowest BCUT2D eigenvalue weighted by atomic mass is 10.1. The summed E-state index contributed by atoms with van der Waals surface area (Å²) in [5.74, 6) is 0.689. The maximum absolute atomic E-state index is 13.6. The van der Waals surface area contributed by atoms with Crippen molar-refractivity contribution < 1.29 is 4.39 Å². The van der Waals surface area contributed by atoms with E-state index in [1.165, 1.54) is 6.07 Å². The van der Waals surface area contributed by atoms with Crippen LogP contribution in [0.15, 0.2) is 41.3 Å². The number of thiocarbonyl (C=S) groups is 1. The zero-order valence-corrected chi connectivity index (χ0v) is 13.6. The molecule has 0 heterocycles. The Hall–Kier alpha value is -1.59. The molecule has 2 aromatic carbocycles. The third-order valence-corrected chi connectivity index (χ3v) is 4.17. The lowest BCUT2D eigenvalue weighted by Crippen LogP contribution is -2.13. The number of hydrogen-bond donors (Lipinski definition) is 2. The predicted molar refractivity (Wildman–Crippen MR) is 93.1 cm³/mol. The van der Waals surface area contributed by atoms with Crippen LogP contribution in [-0.2, 0) is 0 Å². The maximum Gasteiger partial charge on any atom is 0.128 e. The number of rotatable bonds is 5. The fraction of sp³-hybridized carbons (Fsp3) is 0.188. The first kappa shape index (κ1) is 15.8. The summed E-state index contributed by atoms with van der Waals surface area (Å²) in [6.07, 6.45) is 0. The zero-order valence-electron chi connectivity index (χ0n) is 11.9. The van der Waals surface area contributed by atoms with Crippen LogP contribution in [0.25, 0.3) is 0 Å². The second kappa shape index (κ2) is 6.91. The van der Waals surface area contributed by atoms with E-state index in [1.54, 1.807) is 24.8 Å². The normalized spacial score (nSPS) is 10.4. The standard InChI is InChI=1S/C16H17FN2S2/c1-3-21-14-6-4-5-13(15(14)16(18)20)19-11-8-7-10(2)12(17)9-11/h4-9,19H,3H2,1-2H3,(H2,18,20). The van der Waals surface area contributed by atoms with E-state index in [2.05, 4.69) is 12.2 Å². The molecule has 0 radical (unpaired) electrons. The van der Waals surface area contributed by atoms with Crippen molar-refractivity contribution in [1.82, 2.24) is 0 Å². The molecule has 3 N–H and O–H groups in total. The molecule has 0 saturated carbocycles. The van der Waals surface area contributed by atoms with Crippen LogP contribution >= 0.6 is 24.0 Å². The van der Waals surface area contributed by atoms with Crippen LogP contribution in [0.1, 0.15) is 18.1 Å². The summed E-state index contributed by atoms with van der Waals surface area (Å²) in [6, 6.07) is 10.9. The van der Waals surface area contributed by atoms with Gasteiger partial charge >= 0.3 is 0 Å². The minimum atomic E-state index is -0.240. The monoisotopic (exact) mass is 320 g/mol. The van der Waals surface area contributed by atoms with Crippen molar-refractivity contribution >= 4 is 40.3 Å². The van der Waals surface area contributed by atoms with Gasteiger partial charge in [-0.3, -0.25) is 0 Å². The molecule has 0 aliphatic rings. The van der Waals surface area contributed by atoms with Crippen LogP contribution in [0, 0.1) is 12.7 Å². The largest absolute Gasteiger partial charge is 0.389 e. The highest BCUT2D eigenvalue weighted by Crippen LogP contribution is 2.30. The summed E-state index contributed by atoms with van der Waals surface area (Å²) in [4.78, 5) is 1.37. The summed E-state index contributed by atoms with van der Waals surface area (Å²) >= 11 is 6.84. The van der Waals surface area contributed by atoms with Gasteiger partial charge in [0.15, 0.2) is 0 Å². The van der Waals surface area contributed by atoms with Crippen LogP contribution in [0.4, 0.5) is 15.8 Å². The number of halogens is 1. The number of benzene rings is 2. The summed E-state index contributed by atoms with van der Waals surface area (Å²) in [7, 11) is 0. The average Bonchev–Trinajstić information content (AvgIpc) is 2.43. The summed E-state index contributed by atoms with van der Waals surface area (Å²) < 4.78 is 13.6. The van der Waals surface area contributed by atoms with Crippen molar-refractivity contribution in [3.63, 3.8) is 0 Å². The number of thioether (sulfide) groups is 1. The van der Waals surface area contributed by atoms with Crippen molar-refractivity contribution in [3.05, 3.63) is 53.3 Å². The molecule has 0 aliphatic carbocycles. The Balaban J connectivity index is 2.41. The molecule has 0 fully saturated rings. The predicted octanol–water partition coefficient (Wildman–Crippen LogP) is 4.62. The van der Waals surface area contributed by atoms with Crippen LogP contribution in [0.5, 0.6) is 0 Å². The Labute approximate surface area is 133 Å². The number of hydrogen-bond acceptors (Lipinski definition) is 3. The van der Waals surface area contributed by atoms with Crippen molar-refractivity contribution in [2.24, 2.45) is 5.73 Å². The highest BCUT2D eigenvalue weighted by atomic mass is 32.2. The van der Waals surface area contributed by atoms with Crippen LogP contribution < -0.4 is 11.1 Å². The molecule has 0 atom stereocenters. The Bertz CT molecular complexity index is 671. The summed E-state index contributed by atoms with van der Waals surface area (Å²) in [5.41, 5.74) is 8.75. The lowest BCUT2D eigenvalue weighted by Gasteiger charge is -2.15. The Kier molecular flexibility index (Phi) is 5.20. The van der Waals surface area contributed by atoms with Crippen LogP contribution in [0.3, 0.4) is 0 Å². The third-order valence-electron chi connectivity index (χ3n) is 3.02. The molecule has 0 amide bonds. The molecule has 21 heavy (non-hydrogen) atoms. The van der Waals surface area contributed by atoms with Gasteiger partial charge in [0.25, 0.3) is 0 Å². The Morgan fingerprint density at radius 3 is 2.71 bits per heavy atom. The van der Waals surface area contributed by atoms with Crippen molar-refractivity contribution in [1.29, 1.82) is 0 Å². The van der Waals surface area contributed by atoms with E-state index < -0.39 is 0 Å². The van der Waals surface area contributed by atoms with E-state index in [0.29, 0.717) is 16.2 Å². The first-order valence-electron chi connectivity index (χ1n) is 6.61. The first-order valence-corrected chi connectivity index (χ1v) is 8.01. The number of nitrogens with one attached hydrogen (secondary N) is 1. The summed E-state index contributed by atoms with van der Waals surface area (Å²) in [5, 5.41) is 3.20. The van der Waals surface area contributed by atoms with E-state index in [4.69, 9.17) is 18.0 Å². The van der Waals surface area contributed by atoms with Gasteiger partial charge < -0.3 is 11.1 Å². The van der Waals surface area contributed by atoms with E-state index >= 15 is 0 Å². The molecule has 0 bridgehead atoms. The Morgan fingerprint density at radius 1 is 1.33 bits per heavy atom. The molecule has 110 valence electrons. The van der Waals surface area contributed by atoms with E-state index in [0.717, 1.165) is 21.9 Å². The highest BCUT2D eigenvalue weighted by molar-refractivity contribution is 7.99. The lowest BCUT2D eigenvalue weighted by molar-refractivity contribution is 0.619. The first-order chi connectivity index (χ1) is 10.0. The molecular formula is C16H17FN2S2. The van der Waals surface area contributed by atoms with Gasteiger partial charge in [0.2, 0.25) is 0 Å². The molecule has 0 aromatic heterocycles. The summed E-state index contributed by atoms with van der Waals surface area (Å²) in [6.45, 7) is 3.81. The van der Waals surface area contributed by atoms with Gasteiger partial charge in [0.1, 0.15) is 10.8 Å². The number of nitrogens with two attached hydrogens (primary N) is 1. The molecule has 2 nitrogen and oxygen atoms in total. The SMILES string of the molecule is CCSc1cccc(Nc2ccc(C)c(F)c2)c1C(N)=S. The maximum atomic E-state index is 13.6. The third kappa shape index (κ3) is 3.74. The van der Waals surface area contributed by atoms with Crippen LogP contribution in [0.2, 0.25) is 0 Å². The van der Waals surface area contributed by atoms with Gasteiger partial charge in [0, 0.05) is 21.8 Å². The van der Waals surface area contributed by atoms with Gasteiger partial charge in [-0.1, -0.05) is 31.3 Å². The molecule has 0 spiro atoms. The molecule has 0 unspecified atom stereocenters. The molecule has 0 saturated heterocycles. The van der Waals surface area contributed by atoms with Crippen molar-refractivity contribution in [2.75, 3.05) is 11.1 Å². The quantitative estimate of drug-likeness (QED) is 0.622. The second-order valence-corrected chi connectivity index (χ2v) is 6.31. The highest BCUT2D eigenvalue weighted by Gasteiger charge is 2.12. The van der Waals surface area contributed by atoms with Gasteiger partial charge in [-0.05, 0) is 42.5 Å². The van der Waals surface area contributed by atoms with Gasteiger partial charge in [-0.2, -0.15) is 0 Å². The van der Waals surface area contributed by atoms with Crippen molar-refractivity contribution in [2.45, 2.75) is 18.7 Å². The number of aryl methyl sites for hydroxylation is 1. The number of anilines is 2. The molecule has 0 aliphatic heterocycles.